The maximum absolute atomic E-state index is 11.5. The van der Waals surface area contributed by atoms with Gasteiger partial charge in [-0.3, -0.25) is 0 Å². The molecule has 1 aromatic heterocycles. The molecule has 1 aromatic rings. The Hall–Kier alpha value is -0.920. The Morgan fingerprint density at radius 2 is 2.40 bits per heavy atom. The summed E-state index contributed by atoms with van der Waals surface area (Å²) in [6, 6.07) is 0. The first-order valence-corrected chi connectivity index (χ1v) is 6.26. The van der Waals surface area contributed by atoms with E-state index in [0.29, 0.717) is 13.0 Å². The monoisotopic (exact) mass is 232 g/mol. The van der Waals surface area contributed by atoms with Crippen molar-refractivity contribution in [3.63, 3.8) is 0 Å². The number of sulfonamides is 1. The number of aromatic amines is 1. The molecule has 0 saturated carbocycles. The first-order valence-electron chi connectivity index (χ1n) is 4.72. The summed E-state index contributed by atoms with van der Waals surface area (Å²) in [5.74, 6) is 0. The zero-order valence-electron chi connectivity index (χ0n) is 8.60. The van der Waals surface area contributed by atoms with Crippen molar-refractivity contribution in [2.24, 2.45) is 5.73 Å². The predicted molar refractivity (Wildman–Crippen MR) is 57.7 cm³/mol. The molecule has 1 atom stereocenters. The molecule has 15 heavy (non-hydrogen) atoms. The van der Waals surface area contributed by atoms with Crippen LogP contribution in [0.15, 0.2) is 12.5 Å². The highest BCUT2D eigenvalue weighted by molar-refractivity contribution is 7.90. The molecular weight excluding hydrogens is 216 g/mol. The Labute approximate surface area is 89.3 Å². The van der Waals surface area contributed by atoms with Crippen LogP contribution in [0.1, 0.15) is 12.6 Å². The summed E-state index contributed by atoms with van der Waals surface area (Å²) in [4.78, 5) is 6.73. The molecule has 0 aliphatic heterocycles. The van der Waals surface area contributed by atoms with Crippen LogP contribution in [-0.4, -0.2) is 36.7 Å². The average molecular weight is 232 g/mol. The van der Waals surface area contributed by atoms with Crippen LogP contribution in [0.25, 0.3) is 0 Å². The number of nitrogens with zero attached hydrogens (tertiary/aromatic N) is 1. The van der Waals surface area contributed by atoms with Gasteiger partial charge in [-0.1, -0.05) is 0 Å². The normalized spacial score (nSPS) is 14.0. The third-order valence-electron chi connectivity index (χ3n) is 2.11. The summed E-state index contributed by atoms with van der Waals surface area (Å²) in [5.41, 5.74) is 6.19. The maximum Gasteiger partial charge on any atom is 0.215 e. The number of hydrogen-bond donors (Lipinski definition) is 3. The molecule has 1 heterocycles. The van der Waals surface area contributed by atoms with Crippen LogP contribution in [0, 0.1) is 0 Å². The highest BCUT2D eigenvalue weighted by Gasteiger charge is 2.17. The molecule has 0 saturated heterocycles. The molecule has 1 rings (SSSR count). The zero-order valence-corrected chi connectivity index (χ0v) is 9.42. The fourth-order valence-electron chi connectivity index (χ4n) is 1.02. The van der Waals surface area contributed by atoms with Crippen LogP contribution in [0.4, 0.5) is 0 Å². The van der Waals surface area contributed by atoms with Gasteiger partial charge in [-0.25, -0.2) is 18.1 Å². The molecule has 4 N–H and O–H groups in total. The minimum Gasteiger partial charge on any atom is -0.348 e. The zero-order chi connectivity index (χ0) is 11.3. The van der Waals surface area contributed by atoms with Crippen LogP contribution >= 0.6 is 0 Å². The van der Waals surface area contributed by atoms with Gasteiger partial charge in [-0.15, -0.1) is 0 Å². The molecule has 0 aromatic carbocycles. The van der Waals surface area contributed by atoms with E-state index in [1.807, 2.05) is 0 Å². The van der Waals surface area contributed by atoms with Crippen LogP contribution in [0.5, 0.6) is 0 Å². The maximum atomic E-state index is 11.5. The van der Waals surface area contributed by atoms with Crippen molar-refractivity contribution >= 4 is 10.0 Å². The molecule has 7 heteroatoms. The quantitative estimate of drug-likeness (QED) is 0.599. The summed E-state index contributed by atoms with van der Waals surface area (Å²) in [6.45, 7) is 2.06. The minimum atomic E-state index is -3.27. The first kappa shape index (κ1) is 12.2. The molecule has 0 bridgehead atoms. The highest BCUT2D eigenvalue weighted by Crippen LogP contribution is 1.97. The Bertz CT molecular complexity index is 373. The van der Waals surface area contributed by atoms with Crippen LogP contribution in [0.2, 0.25) is 0 Å². The summed E-state index contributed by atoms with van der Waals surface area (Å²) >= 11 is 0. The van der Waals surface area contributed by atoms with Gasteiger partial charge >= 0.3 is 0 Å². The molecule has 0 aliphatic rings. The van der Waals surface area contributed by atoms with Gasteiger partial charge < -0.3 is 10.7 Å². The van der Waals surface area contributed by atoms with Crippen molar-refractivity contribution in [2.45, 2.75) is 18.6 Å². The predicted octanol–water partition coefficient (Wildman–Crippen LogP) is -0.781. The molecule has 0 spiro atoms. The minimum absolute atomic E-state index is 0.124. The lowest BCUT2D eigenvalue weighted by Gasteiger charge is -2.10. The topological polar surface area (TPSA) is 101 Å². The van der Waals surface area contributed by atoms with E-state index in [1.54, 1.807) is 19.4 Å². The third kappa shape index (κ3) is 3.61. The van der Waals surface area contributed by atoms with Crippen LogP contribution < -0.4 is 10.5 Å². The van der Waals surface area contributed by atoms with E-state index in [0.717, 1.165) is 5.69 Å². The van der Waals surface area contributed by atoms with E-state index in [2.05, 4.69) is 14.7 Å². The molecule has 1 unspecified atom stereocenters. The first-order chi connectivity index (χ1) is 7.06. The van der Waals surface area contributed by atoms with E-state index in [-0.39, 0.29) is 6.54 Å². The number of nitrogens with two attached hydrogens (primary N) is 1. The lowest BCUT2D eigenvalue weighted by molar-refractivity contribution is 0.569. The van der Waals surface area contributed by atoms with Crippen molar-refractivity contribution < 1.29 is 8.42 Å². The standard InChI is InChI=1S/C8H16N4O2S/c1-7(4-9)15(13,14)12-3-2-8-5-10-6-11-8/h5-7,12H,2-4,9H2,1H3,(H,10,11). The van der Waals surface area contributed by atoms with E-state index < -0.39 is 15.3 Å². The Kier molecular flexibility index (Phi) is 4.25. The van der Waals surface area contributed by atoms with Gasteiger partial charge in [0.05, 0.1) is 11.6 Å². The van der Waals surface area contributed by atoms with E-state index in [1.165, 1.54) is 0 Å². The van der Waals surface area contributed by atoms with Crippen molar-refractivity contribution in [3.8, 4) is 0 Å². The number of rotatable bonds is 6. The van der Waals surface area contributed by atoms with Gasteiger partial charge in [-0.2, -0.15) is 0 Å². The highest BCUT2D eigenvalue weighted by atomic mass is 32.2. The Balaban J connectivity index is 2.37. The number of nitrogens with one attached hydrogen (secondary N) is 2. The molecular formula is C8H16N4O2S. The van der Waals surface area contributed by atoms with Gasteiger partial charge in [0, 0.05) is 31.4 Å². The largest absolute Gasteiger partial charge is 0.348 e. The number of aromatic nitrogens is 2. The van der Waals surface area contributed by atoms with Crippen molar-refractivity contribution in [1.29, 1.82) is 0 Å². The van der Waals surface area contributed by atoms with E-state index in [4.69, 9.17) is 5.73 Å². The Morgan fingerprint density at radius 3 is 2.93 bits per heavy atom. The van der Waals surface area contributed by atoms with Crippen LogP contribution in [0.3, 0.4) is 0 Å². The molecule has 0 aliphatic carbocycles. The van der Waals surface area contributed by atoms with Gasteiger partial charge in [-0.05, 0) is 6.92 Å². The van der Waals surface area contributed by atoms with Gasteiger partial charge in [0.1, 0.15) is 0 Å². The summed E-state index contributed by atoms with van der Waals surface area (Å²) < 4.78 is 25.4. The van der Waals surface area contributed by atoms with Crippen molar-refractivity contribution in [1.82, 2.24) is 14.7 Å². The molecule has 0 radical (unpaired) electrons. The number of imidazole rings is 1. The SMILES string of the molecule is CC(CN)S(=O)(=O)NCCc1cnc[nH]1. The number of hydrogen-bond acceptors (Lipinski definition) is 4. The van der Waals surface area contributed by atoms with E-state index in [9.17, 15) is 8.42 Å². The summed E-state index contributed by atoms with van der Waals surface area (Å²) in [6.07, 6.45) is 3.82. The average Bonchev–Trinajstić information content (AvgIpc) is 2.69. The Morgan fingerprint density at radius 1 is 1.67 bits per heavy atom. The lowest BCUT2D eigenvalue weighted by atomic mass is 10.3. The second kappa shape index (κ2) is 5.24. The van der Waals surface area contributed by atoms with Gasteiger partial charge in [0.2, 0.25) is 10.0 Å². The molecule has 6 nitrogen and oxygen atoms in total. The number of H-pyrrole nitrogens is 1. The second-order valence-corrected chi connectivity index (χ2v) is 5.50. The lowest BCUT2D eigenvalue weighted by Crippen LogP contribution is -2.37. The summed E-state index contributed by atoms with van der Waals surface area (Å²) in [7, 11) is -3.27. The third-order valence-corrected chi connectivity index (χ3v) is 3.97. The summed E-state index contributed by atoms with van der Waals surface area (Å²) in [5, 5.41) is -0.556. The van der Waals surface area contributed by atoms with Gasteiger partial charge in [0.15, 0.2) is 0 Å². The van der Waals surface area contributed by atoms with Crippen molar-refractivity contribution in [2.75, 3.05) is 13.1 Å². The van der Waals surface area contributed by atoms with Crippen LogP contribution in [-0.2, 0) is 16.4 Å². The second-order valence-electron chi connectivity index (χ2n) is 3.31. The molecule has 0 amide bonds. The smallest absolute Gasteiger partial charge is 0.215 e. The van der Waals surface area contributed by atoms with E-state index >= 15 is 0 Å². The fraction of sp³-hybridized carbons (Fsp3) is 0.625. The molecule has 86 valence electrons. The fourth-order valence-corrected chi connectivity index (χ4v) is 1.94. The van der Waals surface area contributed by atoms with Crippen molar-refractivity contribution in [3.05, 3.63) is 18.2 Å². The van der Waals surface area contributed by atoms with Gasteiger partial charge in [0.25, 0.3) is 0 Å². The molecule has 0 fully saturated rings.